The molecule has 1 aromatic carbocycles. The van der Waals surface area contributed by atoms with Crippen LogP contribution in [0.5, 0.6) is 11.6 Å². The minimum atomic E-state index is -4.14. The molecule has 5 aliphatic rings. The molecule has 0 spiro atoms. The van der Waals surface area contributed by atoms with Crippen LogP contribution in [0.25, 0.3) is 11.0 Å². The number of fused-ring (bicyclic) bond motifs is 5. The average Bonchev–Trinajstić information content (AvgIpc) is 4.06. The lowest BCUT2D eigenvalue weighted by atomic mass is 9.85. The van der Waals surface area contributed by atoms with Crippen LogP contribution in [-0.2, 0) is 35.6 Å². The molecule has 2 aliphatic heterocycles. The molecule has 8 atom stereocenters. The van der Waals surface area contributed by atoms with Crippen molar-refractivity contribution in [3.63, 3.8) is 0 Å². The van der Waals surface area contributed by atoms with E-state index < -0.39 is 92.9 Å². The summed E-state index contributed by atoms with van der Waals surface area (Å²) in [6.07, 6.45) is 0.0874. The molecule has 4 amide bonds. The summed E-state index contributed by atoms with van der Waals surface area (Å²) in [5.41, 5.74) is -1.41. The molecule has 3 heterocycles. The van der Waals surface area contributed by atoms with Crippen molar-refractivity contribution in [2.75, 3.05) is 13.7 Å². The van der Waals surface area contributed by atoms with E-state index in [0.717, 1.165) is 25.7 Å². The molecule has 2 aromatic rings. The van der Waals surface area contributed by atoms with Gasteiger partial charge in [-0.1, -0.05) is 40.5 Å². The highest BCUT2D eigenvalue weighted by molar-refractivity contribution is 7.91. The van der Waals surface area contributed by atoms with Gasteiger partial charge in [-0.2, -0.15) is 0 Å². The number of sulfonamides is 1. The maximum Gasteiger partial charge on any atom is 0.408 e. The fourth-order valence-electron chi connectivity index (χ4n) is 8.31. The van der Waals surface area contributed by atoms with Gasteiger partial charge in [-0.25, -0.2) is 32.0 Å². The molecule has 15 nitrogen and oxygen atoms in total. The first-order valence-electron chi connectivity index (χ1n) is 19.9. The summed E-state index contributed by atoms with van der Waals surface area (Å²) in [5.74, 6) is -4.29. The number of carbonyl (C=O) groups is 4. The number of hydrogen-bond acceptors (Lipinski definition) is 11. The minimum Gasteiger partial charge on any atom is -0.497 e. The summed E-state index contributed by atoms with van der Waals surface area (Å²) in [6.45, 7) is 6.87. The van der Waals surface area contributed by atoms with Crippen LogP contribution in [-0.4, -0.2) is 102 Å². The van der Waals surface area contributed by atoms with E-state index >= 15 is 0 Å². The maximum atomic E-state index is 14.8. The third-order valence-corrected chi connectivity index (χ3v) is 13.9. The number of aromatic nitrogens is 2. The van der Waals surface area contributed by atoms with Crippen LogP contribution in [0.3, 0.4) is 0 Å². The fourth-order valence-corrected chi connectivity index (χ4v) is 9.67. The molecule has 1 saturated heterocycles. The first-order chi connectivity index (χ1) is 26.9. The average molecular weight is 819 g/mol. The molecule has 7 rings (SSSR count). The molecule has 0 radical (unpaired) electrons. The number of alkyl halides is 2. The topological polar surface area (TPSA) is 195 Å². The quantitative estimate of drug-likeness (QED) is 0.348. The second-order valence-corrected chi connectivity index (χ2v) is 19.2. The number of alkyl carbamates (subject to hydrolysis) is 1. The number of benzene rings is 1. The van der Waals surface area contributed by atoms with Crippen LogP contribution < -0.4 is 24.8 Å². The molecule has 4 fully saturated rings. The number of halogens is 2. The zero-order chi connectivity index (χ0) is 41.0. The van der Waals surface area contributed by atoms with Crippen LogP contribution in [0.4, 0.5) is 13.6 Å². The smallest absolute Gasteiger partial charge is 0.408 e. The van der Waals surface area contributed by atoms with Gasteiger partial charge < -0.3 is 29.7 Å². The number of methoxy groups -OCH3 is 1. The zero-order valence-corrected chi connectivity index (χ0v) is 33.7. The van der Waals surface area contributed by atoms with E-state index in [1.54, 1.807) is 45.9 Å². The van der Waals surface area contributed by atoms with Gasteiger partial charge in [-0.05, 0) is 74.8 Å². The number of rotatable bonds is 8. The first-order valence-corrected chi connectivity index (χ1v) is 21.5. The molecule has 3 saturated carbocycles. The third kappa shape index (κ3) is 8.46. The number of nitrogens with one attached hydrogen (secondary N) is 3. The highest BCUT2D eigenvalue weighted by Crippen LogP contribution is 2.49. The number of amides is 4. The molecule has 57 heavy (non-hydrogen) atoms. The molecule has 1 unspecified atom stereocenters. The highest BCUT2D eigenvalue weighted by atomic mass is 32.2. The van der Waals surface area contributed by atoms with E-state index in [-0.39, 0.29) is 30.9 Å². The third-order valence-electron chi connectivity index (χ3n) is 12.0. The number of hydrogen-bond donors (Lipinski definition) is 3. The van der Waals surface area contributed by atoms with E-state index in [0.29, 0.717) is 48.2 Å². The number of ether oxygens (including phenoxy) is 3. The van der Waals surface area contributed by atoms with E-state index in [1.165, 1.54) is 12.0 Å². The number of aryl methyl sites for hydroxylation is 1. The van der Waals surface area contributed by atoms with E-state index in [2.05, 4.69) is 10.6 Å². The monoisotopic (exact) mass is 818 g/mol. The lowest BCUT2D eigenvalue weighted by molar-refractivity contribution is -0.144. The maximum absolute atomic E-state index is 14.8. The van der Waals surface area contributed by atoms with Gasteiger partial charge in [0.1, 0.15) is 41.3 Å². The lowest BCUT2D eigenvalue weighted by Crippen LogP contribution is -2.61. The molecule has 3 N–H and O–H groups in total. The van der Waals surface area contributed by atoms with Crippen molar-refractivity contribution in [3.05, 3.63) is 23.9 Å². The van der Waals surface area contributed by atoms with Crippen LogP contribution in [0.2, 0.25) is 0 Å². The Labute approximate surface area is 330 Å². The Hall–Kier alpha value is -4.35. The summed E-state index contributed by atoms with van der Waals surface area (Å²) in [5, 5.41) is 4.43. The lowest BCUT2D eigenvalue weighted by Gasteiger charge is -2.36. The van der Waals surface area contributed by atoms with E-state index in [9.17, 15) is 36.4 Å². The van der Waals surface area contributed by atoms with Crippen molar-refractivity contribution in [2.45, 2.75) is 133 Å². The Morgan fingerprint density at radius 2 is 1.82 bits per heavy atom. The van der Waals surface area contributed by atoms with Gasteiger partial charge >= 0.3 is 6.09 Å². The summed E-state index contributed by atoms with van der Waals surface area (Å²) in [6, 6.07) is 2.73. The SMILES string of the molecule is CC[C@@H]1[C@@H]2CN(C(=O)[C@H](C(C)(C)C)NC(=O)O[C@@H]3CC3CCCCCc3nc4ccc(OC)cc4nc3O2)[C@@H]1C(=O)N[C@]1(C(=O)NS(=O)(=O)C2CC2)C[C@H]1C(F)F. The van der Waals surface area contributed by atoms with Gasteiger partial charge in [-0.3, -0.25) is 19.1 Å². The summed E-state index contributed by atoms with van der Waals surface area (Å²) in [4.78, 5) is 67.3. The Bertz CT molecular complexity index is 2030. The molecule has 1 aromatic heterocycles. The second-order valence-electron chi connectivity index (χ2n) is 17.3. The largest absolute Gasteiger partial charge is 0.497 e. The van der Waals surface area contributed by atoms with Gasteiger partial charge in [0, 0.05) is 12.0 Å². The van der Waals surface area contributed by atoms with Gasteiger partial charge in [-0.15, -0.1) is 0 Å². The molecule has 3 aliphatic carbocycles. The van der Waals surface area contributed by atoms with Crippen molar-refractivity contribution >= 4 is 44.9 Å². The van der Waals surface area contributed by atoms with Crippen LogP contribution in [0.15, 0.2) is 18.2 Å². The predicted octanol–water partition coefficient (Wildman–Crippen LogP) is 4.02. The van der Waals surface area contributed by atoms with Crippen molar-refractivity contribution < 1.29 is 50.6 Å². The Morgan fingerprint density at radius 3 is 2.47 bits per heavy atom. The molecule has 312 valence electrons. The van der Waals surface area contributed by atoms with Crippen LogP contribution in [0, 0.1) is 23.2 Å². The van der Waals surface area contributed by atoms with E-state index in [1.807, 2.05) is 4.72 Å². The van der Waals surface area contributed by atoms with Crippen molar-refractivity contribution in [1.82, 2.24) is 30.2 Å². The fraction of sp³-hybridized carbons (Fsp3) is 0.692. The van der Waals surface area contributed by atoms with E-state index in [4.69, 9.17) is 24.2 Å². The Morgan fingerprint density at radius 1 is 1.07 bits per heavy atom. The summed E-state index contributed by atoms with van der Waals surface area (Å²) < 4.78 is 73.8. The minimum absolute atomic E-state index is 0.172. The summed E-state index contributed by atoms with van der Waals surface area (Å²) >= 11 is 0. The van der Waals surface area contributed by atoms with Crippen LogP contribution in [0.1, 0.15) is 91.2 Å². The standard InChI is InChI=1S/C39H52F2N6O9S/c1-6-23-29-19-47(30(23)33(48)45-39(18-24(39)32(40)41)36(50)46-57(52,53)22-13-14-22)35(49)31(38(2,3)4)44-37(51)56-28-16-20(28)10-8-7-9-11-26-34(55-29)43-27-17-21(54-5)12-15-25(27)42-26/h12,15,17,20,22-24,28-32H,6-11,13-14,16,18-19H2,1-5H3,(H,44,51)(H,45,48)(H,46,50)/t20?,23-,24+,28-,29+,30+,31-,39-/m1/s1. The molecular weight excluding hydrogens is 767 g/mol. The molecule has 18 heteroatoms. The van der Waals surface area contributed by atoms with Crippen molar-refractivity contribution in [2.24, 2.45) is 23.2 Å². The predicted molar refractivity (Wildman–Crippen MR) is 202 cm³/mol. The first kappa shape index (κ1) is 40.8. The Kier molecular flexibility index (Phi) is 11.1. The van der Waals surface area contributed by atoms with Crippen LogP contribution >= 0.6 is 0 Å². The van der Waals surface area contributed by atoms with Gasteiger partial charge in [0.05, 0.1) is 35.9 Å². The second kappa shape index (κ2) is 15.4. The number of carbonyl (C=O) groups excluding carboxylic acids is 4. The van der Waals surface area contributed by atoms with Gasteiger partial charge in [0.25, 0.3) is 5.91 Å². The van der Waals surface area contributed by atoms with Crippen molar-refractivity contribution in [3.8, 4) is 11.6 Å². The number of nitrogens with zero attached hydrogens (tertiary/aromatic N) is 3. The van der Waals surface area contributed by atoms with Gasteiger partial charge in [0.15, 0.2) is 0 Å². The molecular formula is C39H52F2N6O9S. The highest BCUT2D eigenvalue weighted by Gasteiger charge is 2.67. The summed E-state index contributed by atoms with van der Waals surface area (Å²) in [7, 11) is -2.61. The zero-order valence-electron chi connectivity index (χ0n) is 32.9. The van der Waals surface area contributed by atoms with Crippen molar-refractivity contribution in [1.29, 1.82) is 0 Å². The Balaban J connectivity index is 1.27. The molecule has 2 bridgehead atoms. The van der Waals surface area contributed by atoms with Gasteiger partial charge in [0.2, 0.25) is 34.1 Å². The normalized spacial score (nSPS) is 30.8.